The fourth-order valence-corrected chi connectivity index (χ4v) is 3.39. The van der Waals surface area contributed by atoms with Crippen LogP contribution < -0.4 is 0 Å². The van der Waals surface area contributed by atoms with Crippen LogP contribution in [0.3, 0.4) is 0 Å². The van der Waals surface area contributed by atoms with E-state index in [0.717, 1.165) is 44.3 Å². The third-order valence-corrected chi connectivity index (χ3v) is 4.76. The molecule has 4 nitrogen and oxygen atoms in total. The maximum absolute atomic E-state index is 12.9. The van der Waals surface area contributed by atoms with Crippen molar-refractivity contribution in [3.05, 3.63) is 35.6 Å². The zero-order valence-electron chi connectivity index (χ0n) is 15.3. The lowest BCUT2D eigenvalue weighted by molar-refractivity contribution is -0.140. The van der Waals surface area contributed by atoms with E-state index in [1.54, 1.807) is 12.1 Å². The number of amides is 2. The standard InChI is InChI=1S/C20H29FN2O2/c1-3-11-23(12-4-2)20(25)17-9-13-22(14-10-17)19(24)15-16-5-7-18(21)8-6-16/h5-8,17H,3-4,9-15H2,1-2H3. The van der Waals surface area contributed by atoms with Crippen molar-refractivity contribution in [3.8, 4) is 0 Å². The van der Waals surface area contributed by atoms with E-state index in [1.165, 1.54) is 12.1 Å². The van der Waals surface area contributed by atoms with Crippen LogP contribution in [-0.2, 0) is 16.0 Å². The van der Waals surface area contributed by atoms with Gasteiger partial charge in [0.15, 0.2) is 0 Å². The number of hydrogen-bond donors (Lipinski definition) is 0. The Morgan fingerprint density at radius 1 is 1.08 bits per heavy atom. The number of carbonyl (C=O) groups excluding carboxylic acids is 2. The molecule has 0 atom stereocenters. The Hall–Kier alpha value is -1.91. The highest BCUT2D eigenvalue weighted by atomic mass is 19.1. The maximum Gasteiger partial charge on any atom is 0.226 e. The van der Waals surface area contributed by atoms with Crippen molar-refractivity contribution in [2.45, 2.75) is 46.0 Å². The zero-order valence-corrected chi connectivity index (χ0v) is 15.3. The molecule has 0 bridgehead atoms. The minimum absolute atomic E-state index is 0.0352. The molecule has 1 aliphatic rings. The van der Waals surface area contributed by atoms with Gasteiger partial charge < -0.3 is 9.80 Å². The molecule has 2 rings (SSSR count). The van der Waals surface area contributed by atoms with E-state index in [1.807, 2.05) is 9.80 Å². The predicted octanol–water partition coefficient (Wildman–Crippen LogP) is 3.26. The number of likely N-dealkylation sites (tertiary alicyclic amines) is 1. The lowest BCUT2D eigenvalue weighted by Crippen LogP contribution is -2.45. The molecule has 1 aromatic carbocycles. The molecule has 0 N–H and O–H groups in total. The van der Waals surface area contributed by atoms with Gasteiger partial charge in [0, 0.05) is 32.1 Å². The Balaban J connectivity index is 1.84. The van der Waals surface area contributed by atoms with Crippen molar-refractivity contribution in [2.24, 2.45) is 5.92 Å². The average Bonchev–Trinajstić information content (AvgIpc) is 2.63. The van der Waals surface area contributed by atoms with Crippen LogP contribution in [0.2, 0.25) is 0 Å². The molecule has 1 heterocycles. The quantitative estimate of drug-likeness (QED) is 0.759. The SMILES string of the molecule is CCCN(CCC)C(=O)C1CCN(C(=O)Cc2ccc(F)cc2)CC1. The van der Waals surface area contributed by atoms with Crippen molar-refractivity contribution in [1.29, 1.82) is 0 Å². The highest BCUT2D eigenvalue weighted by Gasteiger charge is 2.29. The second-order valence-corrected chi connectivity index (χ2v) is 6.78. The minimum Gasteiger partial charge on any atom is -0.342 e. The number of halogens is 1. The molecule has 0 aromatic heterocycles. The Morgan fingerprint density at radius 3 is 2.16 bits per heavy atom. The molecule has 0 spiro atoms. The summed E-state index contributed by atoms with van der Waals surface area (Å²) in [5.74, 6) is 0.0398. The molecule has 2 amide bonds. The van der Waals surface area contributed by atoms with Gasteiger partial charge in [-0.2, -0.15) is 0 Å². The van der Waals surface area contributed by atoms with Crippen molar-refractivity contribution in [1.82, 2.24) is 9.80 Å². The molecule has 1 aromatic rings. The van der Waals surface area contributed by atoms with Gasteiger partial charge in [0.1, 0.15) is 5.82 Å². The summed E-state index contributed by atoms with van der Waals surface area (Å²) in [4.78, 5) is 28.9. The fraction of sp³-hybridized carbons (Fsp3) is 0.600. The summed E-state index contributed by atoms with van der Waals surface area (Å²) in [6.07, 6.45) is 3.70. The second-order valence-electron chi connectivity index (χ2n) is 6.78. The molecule has 1 fully saturated rings. The van der Waals surface area contributed by atoms with E-state index < -0.39 is 0 Å². The van der Waals surface area contributed by atoms with Crippen molar-refractivity contribution < 1.29 is 14.0 Å². The van der Waals surface area contributed by atoms with Crippen LogP contribution in [0.15, 0.2) is 24.3 Å². The number of rotatable bonds is 7. The van der Waals surface area contributed by atoms with E-state index >= 15 is 0 Å². The highest BCUT2D eigenvalue weighted by Crippen LogP contribution is 2.21. The van der Waals surface area contributed by atoms with Crippen LogP contribution in [0.4, 0.5) is 4.39 Å². The van der Waals surface area contributed by atoms with Crippen LogP contribution in [0, 0.1) is 11.7 Å². The van der Waals surface area contributed by atoms with E-state index in [9.17, 15) is 14.0 Å². The van der Waals surface area contributed by atoms with Gasteiger partial charge in [-0.05, 0) is 43.4 Å². The van der Waals surface area contributed by atoms with E-state index in [4.69, 9.17) is 0 Å². The largest absolute Gasteiger partial charge is 0.342 e. The third-order valence-electron chi connectivity index (χ3n) is 4.76. The summed E-state index contributed by atoms with van der Waals surface area (Å²) in [6.45, 7) is 7.07. The topological polar surface area (TPSA) is 40.6 Å². The Labute approximate surface area is 150 Å². The van der Waals surface area contributed by atoms with E-state index in [0.29, 0.717) is 13.1 Å². The monoisotopic (exact) mass is 348 g/mol. The molecule has 0 radical (unpaired) electrons. The van der Waals surface area contributed by atoms with Crippen LogP contribution >= 0.6 is 0 Å². The summed E-state index contributed by atoms with van der Waals surface area (Å²) in [6, 6.07) is 6.06. The smallest absolute Gasteiger partial charge is 0.226 e. The van der Waals surface area contributed by atoms with Crippen molar-refractivity contribution >= 4 is 11.8 Å². The summed E-state index contributed by atoms with van der Waals surface area (Å²) < 4.78 is 12.9. The summed E-state index contributed by atoms with van der Waals surface area (Å²) in [5, 5.41) is 0. The lowest BCUT2D eigenvalue weighted by Gasteiger charge is -2.34. The summed E-state index contributed by atoms with van der Waals surface area (Å²) in [7, 11) is 0. The first kappa shape index (κ1) is 19.4. The van der Waals surface area contributed by atoms with Crippen LogP contribution in [0.25, 0.3) is 0 Å². The molecule has 5 heteroatoms. The minimum atomic E-state index is -0.292. The molecule has 1 aliphatic heterocycles. The first-order valence-electron chi connectivity index (χ1n) is 9.36. The average molecular weight is 348 g/mol. The van der Waals surface area contributed by atoms with Gasteiger partial charge in [0.2, 0.25) is 11.8 Å². The van der Waals surface area contributed by atoms with Crippen LogP contribution in [0.5, 0.6) is 0 Å². The molecule has 0 aliphatic carbocycles. The molecular weight excluding hydrogens is 319 g/mol. The van der Waals surface area contributed by atoms with Crippen LogP contribution in [0.1, 0.15) is 45.1 Å². The number of nitrogens with zero attached hydrogens (tertiary/aromatic N) is 2. The van der Waals surface area contributed by atoms with E-state index in [-0.39, 0.29) is 30.0 Å². The Kier molecular flexibility index (Phi) is 7.41. The summed E-state index contributed by atoms with van der Waals surface area (Å²) in [5.41, 5.74) is 0.821. The van der Waals surface area contributed by atoms with Gasteiger partial charge in [-0.15, -0.1) is 0 Å². The highest BCUT2D eigenvalue weighted by molar-refractivity contribution is 5.81. The van der Waals surface area contributed by atoms with E-state index in [2.05, 4.69) is 13.8 Å². The van der Waals surface area contributed by atoms with Gasteiger partial charge in [-0.3, -0.25) is 9.59 Å². The number of hydrogen-bond acceptors (Lipinski definition) is 2. The molecule has 25 heavy (non-hydrogen) atoms. The Morgan fingerprint density at radius 2 is 1.64 bits per heavy atom. The second kappa shape index (κ2) is 9.54. The molecular formula is C20H29FN2O2. The lowest BCUT2D eigenvalue weighted by atomic mass is 9.94. The van der Waals surface area contributed by atoms with Gasteiger partial charge in [0.25, 0.3) is 0 Å². The molecule has 138 valence electrons. The van der Waals surface area contributed by atoms with Crippen molar-refractivity contribution in [3.63, 3.8) is 0 Å². The molecule has 0 unspecified atom stereocenters. The summed E-state index contributed by atoms with van der Waals surface area (Å²) >= 11 is 0. The zero-order chi connectivity index (χ0) is 18.2. The van der Waals surface area contributed by atoms with Crippen LogP contribution in [-0.4, -0.2) is 47.8 Å². The van der Waals surface area contributed by atoms with Crippen molar-refractivity contribution in [2.75, 3.05) is 26.2 Å². The number of piperidine rings is 1. The first-order chi connectivity index (χ1) is 12.0. The Bertz CT molecular complexity index is 560. The van der Waals surface area contributed by atoms with Gasteiger partial charge in [-0.25, -0.2) is 4.39 Å². The first-order valence-corrected chi connectivity index (χ1v) is 9.36. The normalized spacial score (nSPS) is 15.2. The maximum atomic E-state index is 12.9. The third kappa shape index (κ3) is 5.55. The number of carbonyl (C=O) groups is 2. The predicted molar refractivity (Wildman–Crippen MR) is 96.6 cm³/mol. The fourth-order valence-electron chi connectivity index (χ4n) is 3.39. The number of benzene rings is 1. The molecule has 1 saturated heterocycles. The van der Waals surface area contributed by atoms with Gasteiger partial charge >= 0.3 is 0 Å². The molecule has 0 saturated carbocycles. The van der Waals surface area contributed by atoms with Gasteiger partial charge in [0.05, 0.1) is 6.42 Å². The van der Waals surface area contributed by atoms with Gasteiger partial charge in [-0.1, -0.05) is 26.0 Å².